The van der Waals surface area contributed by atoms with Gasteiger partial charge in [0.15, 0.2) is 11.5 Å². The molecule has 2 rings (SSSR count). The number of benzene rings is 1. The van der Waals surface area contributed by atoms with Crippen LogP contribution in [0.4, 0.5) is 0 Å². The number of hydrogen-bond acceptors (Lipinski definition) is 7. The molecule has 140 valence electrons. The molecule has 1 aliphatic heterocycles. The maximum Gasteiger partial charge on any atom is 0.305 e. The third-order valence-electron chi connectivity index (χ3n) is 3.87. The van der Waals surface area contributed by atoms with Crippen LogP contribution in [0.3, 0.4) is 0 Å². The molecule has 26 heavy (non-hydrogen) atoms. The lowest BCUT2D eigenvalue weighted by molar-refractivity contribution is -0.140. The molecule has 1 heterocycles. The normalized spacial score (nSPS) is 15.6. The Morgan fingerprint density at radius 3 is 2.77 bits per heavy atom. The van der Waals surface area contributed by atoms with Crippen LogP contribution in [-0.2, 0) is 14.3 Å². The Hall–Kier alpha value is -2.06. The largest absolute Gasteiger partial charge is 0.504 e. The van der Waals surface area contributed by atoms with Crippen LogP contribution in [0.1, 0.15) is 31.2 Å². The maximum absolute atomic E-state index is 12.6. The minimum Gasteiger partial charge on any atom is -0.504 e. The van der Waals surface area contributed by atoms with Gasteiger partial charge in [-0.05, 0) is 36.6 Å². The summed E-state index contributed by atoms with van der Waals surface area (Å²) in [6.07, 6.45) is 4.44. The van der Waals surface area contributed by atoms with Crippen LogP contribution in [0.15, 0.2) is 23.1 Å². The topological polar surface area (TPSA) is 76.1 Å². The molecule has 1 aromatic carbocycles. The van der Waals surface area contributed by atoms with Gasteiger partial charge in [-0.15, -0.1) is 0 Å². The number of phenolic OH excluding ortho intramolecular Hbond substituents is 1. The fourth-order valence-corrected chi connectivity index (χ4v) is 3.75. The number of aromatic hydroxyl groups is 1. The monoisotopic (exact) mass is 395 g/mol. The Bertz CT molecular complexity index is 732. The molecular formula is C18H21NO5S2. The van der Waals surface area contributed by atoms with E-state index in [0.717, 1.165) is 24.8 Å². The van der Waals surface area contributed by atoms with Crippen molar-refractivity contribution in [1.82, 2.24) is 4.90 Å². The molecule has 1 amide bonds. The standard InChI is InChI=1S/C18H21NO5S2/c1-23-14-10-12(7-8-13(14)20)11-15-17(22)19(18(25)26-15)9-5-3-4-6-16(21)24-2/h7-8,10-11,20H,3-6,9H2,1-2H3/b15-11-. The first-order valence-corrected chi connectivity index (χ1v) is 9.38. The van der Waals surface area contributed by atoms with Crippen LogP contribution in [0.25, 0.3) is 6.08 Å². The van der Waals surface area contributed by atoms with Gasteiger partial charge in [0.05, 0.1) is 19.1 Å². The number of amides is 1. The van der Waals surface area contributed by atoms with E-state index in [1.807, 2.05) is 0 Å². The van der Waals surface area contributed by atoms with Crippen LogP contribution in [0, 0.1) is 0 Å². The number of hydrogen-bond donors (Lipinski definition) is 1. The fraction of sp³-hybridized carbons (Fsp3) is 0.389. The van der Waals surface area contributed by atoms with Gasteiger partial charge in [0.2, 0.25) is 0 Å². The van der Waals surface area contributed by atoms with E-state index in [9.17, 15) is 14.7 Å². The van der Waals surface area contributed by atoms with E-state index in [1.165, 1.54) is 32.0 Å². The second kappa shape index (κ2) is 9.59. The van der Waals surface area contributed by atoms with Gasteiger partial charge in [-0.25, -0.2) is 0 Å². The van der Waals surface area contributed by atoms with E-state index >= 15 is 0 Å². The quantitative estimate of drug-likeness (QED) is 0.313. The zero-order valence-electron chi connectivity index (χ0n) is 14.7. The summed E-state index contributed by atoms with van der Waals surface area (Å²) >= 11 is 6.57. The summed E-state index contributed by atoms with van der Waals surface area (Å²) in [6, 6.07) is 4.89. The molecule has 0 spiro atoms. The molecule has 1 N–H and O–H groups in total. The van der Waals surface area contributed by atoms with Crippen molar-refractivity contribution in [2.45, 2.75) is 25.7 Å². The van der Waals surface area contributed by atoms with E-state index in [2.05, 4.69) is 4.74 Å². The first-order valence-electron chi connectivity index (χ1n) is 8.15. The minimum absolute atomic E-state index is 0.0455. The van der Waals surface area contributed by atoms with E-state index in [1.54, 1.807) is 23.1 Å². The molecule has 0 saturated carbocycles. The number of esters is 1. The summed E-state index contributed by atoms with van der Waals surface area (Å²) in [6.45, 7) is 0.530. The third kappa shape index (κ3) is 5.22. The number of thiocarbonyl (C=S) groups is 1. The Morgan fingerprint density at radius 1 is 1.31 bits per heavy atom. The van der Waals surface area contributed by atoms with Gasteiger partial charge < -0.3 is 14.6 Å². The van der Waals surface area contributed by atoms with E-state index in [-0.39, 0.29) is 17.6 Å². The Kier molecular flexibility index (Phi) is 7.47. The molecule has 1 saturated heterocycles. The van der Waals surface area contributed by atoms with Crippen LogP contribution in [0.2, 0.25) is 0 Å². The summed E-state index contributed by atoms with van der Waals surface area (Å²) in [5, 5.41) is 9.65. The van der Waals surface area contributed by atoms with Gasteiger partial charge >= 0.3 is 5.97 Å². The summed E-state index contributed by atoms with van der Waals surface area (Å²) in [4.78, 5) is 25.8. The number of unbranched alkanes of at least 4 members (excludes halogenated alkanes) is 2. The van der Waals surface area contributed by atoms with Crippen molar-refractivity contribution in [3.63, 3.8) is 0 Å². The van der Waals surface area contributed by atoms with E-state index in [0.29, 0.717) is 27.9 Å². The molecular weight excluding hydrogens is 374 g/mol. The van der Waals surface area contributed by atoms with Gasteiger partial charge in [-0.1, -0.05) is 36.5 Å². The predicted octanol–water partition coefficient (Wildman–Crippen LogP) is 3.34. The zero-order valence-corrected chi connectivity index (χ0v) is 16.3. The Balaban J connectivity index is 1.94. The van der Waals surface area contributed by atoms with Crippen LogP contribution < -0.4 is 4.74 Å². The van der Waals surface area contributed by atoms with Gasteiger partial charge in [0.25, 0.3) is 5.91 Å². The summed E-state index contributed by atoms with van der Waals surface area (Å²) < 4.78 is 10.2. The number of ether oxygens (including phenoxy) is 2. The van der Waals surface area contributed by atoms with E-state index < -0.39 is 0 Å². The molecule has 1 aliphatic rings. The predicted molar refractivity (Wildman–Crippen MR) is 105 cm³/mol. The van der Waals surface area contributed by atoms with Crippen LogP contribution >= 0.6 is 24.0 Å². The molecule has 8 heteroatoms. The molecule has 0 aliphatic carbocycles. The van der Waals surface area contributed by atoms with Crippen molar-refractivity contribution in [3.05, 3.63) is 28.7 Å². The lowest BCUT2D eigenvalue weighted by Crippen LogP contribution is -2.29. The van der Waals surface area contributed by atoms with Crippen molar-refractivity contribution < 1.29 is 24.2 Å². The van der Waals surface area contributed by atoms with E-state index in [4.69, 9.17) is 17.0 Å². The highest BCUT2D eigenvalue weighted by Crippen LogP contribution is 2.34. The first-order chi connectivity index (χ1) is 12.5. The minimum atomic E-state index is -0.220. The number of carbonyl (C=O) groups is 2. The second-order valence-corrected chi connectivity index (χ2v) is 7.33. The molecule has 0 unspecified atom stereocenters. The SMILES string of the molecule is COC(=O)CCCCCN1C(=O)/C(=C/c2ccc(O)c(OC)c2)SC1=S. The highest BCUT2D eigenvalue weighted by Gasteiger charge is 2.31. The van der Waals surface area contributed by atoms with Gasteiger partial charge in [0, 0.05) is 13.0 Å². The molecule has 0 radical (unpaired) electrons. The zero-order chi connectivity index (χ0) is 19.1. The van der Waals surface area contributed by atoms with Gasteiger partial charge in [-0.3, -0.25) is 14.5 Å². The molecule has 0 aromatic heterocycles. The Morgan fingerprint density at radius 2 is 2.08 bits per heavy atom. The van der Waals surface area contributed by atoms with Crippen molar-refractivity contribution in [2.24, 2.45) is 0 Å². The Labute approximate surface area is 162 Å². The number of nitrogens with zero attached hydrogens (tertiary/aromatic N) is 1. The lowest BCUT2D eigenvalue weighted by atomic mass is 10.1. The van der Waals surface area contributed by atoms with Crippen molar-refractivity contribution >= 4 is 46.3 Å². The summed E-state index contributed by atoms with van der Waals surface area (Å²) in [5.74, 6) is 0.0480. The number of carbonyl (C=O) groups excluding carboxylic acids is 2. The summed E-state index contributed by atoms with van der Waals surface area (Å²) in [5.41, 5.74) is 0.748. The second-order valence-electron chi connectivity index (χ2n) is 5.65. The third-order valence-corrected chi connectivity index (χ3v) is 5.24. The fourth-order valence-electron chi connectivity index (χ4n) is 2.45. The maximum atomic E-state index is 12.6. The van der Waals surface area contributed by atoms with Crippen LogP contribution in [-0.4, -0.2) is 47.0 Å². The molecule has 0 atom stereocenters. The lowest BCUT2D eigenvalue weighted by Gasteiger charge is -2.13. The number of methoxy groups -OCH3 is 2. The van der Waals surface area contributed by atoms with Crippen LogP contribution in [0.5, 0.6) is 11.5 Å². The highest BCUT2D eigenvalue weighted by atomic mass is 32.2. The molecule has 0 bridgehead atoms. The average Bonchev–Trinajstić information content (AvgIpc) is 2.89. The molecule has 1 aromatic rings. The highest BCUT2D eigenvalue weighted by molar-refractivity contribution is 8.26. The average molecular weight is 396 g/mol. The van der Waals surface area contributed by atoms with Crippen molar-refractivity contribution in [1.29, 1.82) is 0 Å². The number of rotatable bonds is 8. The van der Waals surface area contributed by atoms with Gasteiger partial charge in [-0.2, -0.15) is 0 Å². The van der Waals surface area contributed by atoms with Gasteiger partial charge in [0.1, 0.15) is 4.32 Å². The number of phenols is 1. The molecule has 6 nitrogen and oxygen atoms in total. The molecule has 1 fully saturated rings. The number of thioether (sulfide) groups is 1. The first kappa shape index (κ1) is 20.3. The summed E-state index contributed by atoms with van der Waals surface area (Å²) in [7, 11) is 2.84. The smallest absolute Gasteiger partial charge is 0.305 e. The van der Waals surface area contributed by atoms with Crippen molar-refractivity contribution in [3.8, 4) is 11.5 Å². The van der Waals surface area contributed by atoms with Crippen molar-refractivity contribution in [2.75, 3.05) is 20.8 Å².